The van der Waals surface area contributed by atoms with Crippen molar-refractivity contribution in [1.82, 2.24) is 0 Å². The summed E-state index contributed by atoms with van der Waals surface area (Å²) >= 11 is 0. The molecule has 0 aliphatic rings. The van der Waals surface area contributed by atoms with Crippen molar-refractivity contribution >= 4 is 5.71 Å². The summed E-state index contributed by atoms with van der Waals surface area (Å²) in [4.78, 5) is 0. The molecule has 1 N–H and O–H groups in total. The van der Waals surface area contributed by atoms with Crippen LogP contribution in [0.1, 0.15) is 38.7 Å². The molecule has 0 aliphatic heterocycles. The zero-order valence-electron chi connectivity index (χ0n) is 11.8. The lowest BCUT2D eigenvalue weighted by Crippen LogP contribution is -2.07. The van der Waals surface area contributed by atoms with Crippen LogP contribution in [0.15, 0.2) is 29.4 Å². The highest BCUT2D eigenvalue weighted by molar-refractivity contribution is 6.00. The first kappa shape index (κ1) is 15.5. The van der Waals surface area contributed by atoms with E-state index in [0.717, 1.165) is 30.8 Å². The van der Waals surface area contributed by atoms with Crippen molar-refractivity contribution in [2.24, 2.45) is 5.16 Å². The van der Waals surface area contributed by atoms with E-state index < -0.39 is 0 Å². The Morgan fingerprint density at radius 2 is 1.84 bits per heavy atom. The van der Waals surface area contributed by atoms with Gasteiger partial charge >= 0.3 is 0 Å². The highest BCUT2D eigenvalue weighted by atomic mass is 16.5. The maximum atomic E-state index is 8.83. The second-order valence-corrected chi connectivity index (χ2v) is 4.24. The number of hydrogen-bond acceptors (Lipinski definition) is 4. The van der Waals surface area contributed by atoms with Gasteiger partial charge in [0, 0.05) is 6.61 Å². The minimum Gasteiger partial charge on any atom is -0.491 e. The number of unbranched alkanes of at least 4 members (excludes halogenated alkanes) is 1. The minimum atomic E-state index is 0.553. The summed E-state index contributed by atoms with van der Waals surface area (Å²) in [5.74, 6) is 0.802. The van der Waals surface area contributed by atoms with Crippen LogP contribution in [0.3, 0.4) is 0 Å². The molecule has 0 aliphatic carbocycles. The van der Waals surface area contributed by atoms with Crippen molar-refractivity contribution in [3.8, 4) is 5.75 Å². The van der Waals surface area contributed by atoms with E-state index in [0.29, 0.717) is 25.3 Å². The Kier molecular flexibility index (Phi) is 7.66. The quantitative estimate of drug-likeness (QED) is 0.322. The van der Waals surface area contributed by atoms with Crippen LogP contribution in [0, 0.1) is 0 Å². The molecule has 0 atom stereocenters. The Balaban J connectivity index is 2.32. The topological polar surface area (TPSA) is 51.0 Å². The molecule has 0 bridgehead atoms. The normalized spacial score (nSPS) is 11.6. The van der Waals surface area contributed by atoms with Gasteiger partial charge < -0.3 is 14.7 Å². The molecule has 0 saturated heterocycles. The van der Waals surface area contributed by atoms with Gasteiger partial charge in [-0.05, 0) is 42.7 Å². The van der Waals surface area contributed by atoms with E-state index >= 15 is 0 Å². The lowest BCUT2D eigenvalue weighted by Gasteiger charge is -2.08. The van der Waals surface area contributed by atoms with Gasteiger partial charge in [0.15, 0.2) is 0 Å². The molecule has 0 aromatic heterocycles. The zero-order chi connectivity index (χ0) is 13.9. The van der Waals surface area contributed by atoms with Gasteiger partial charge in [0.25, 0.3) is 0 Å². The van der Waals surface area contributed by atoms with E-state index in [1.54, 1.807) is 0 Å². The van der Waals surface area contributed by atoms with Crippen LogP contribution in [0.5, 0.6) is 5.75 Å². The molecule has 1 aromatic carbocycles. The third kappa shape index (κ3) is 5.75. The predicted octanol–water partition coefficient (Wildman–Crippen LogP) is 3.47. The van der Waals surface area contributed by atoms with E-state index in [4.69, 9.17) is 14.7 Å². The first-order chi connectivity index (χ1) is 9.31. The monoisotopic (exact) mass is 265 g/mol. The van der Waals surface area contributed by atoms with Crippen molar-refractivity contribution in [3.05, 3.63) is 29.8 Å². The molecule has 1 rings (SSSR count). The Labute approximate surface area is 115 Å². The van der Waals surface area contributed by atoms with Gasteiger partial charge in [0.1, 0.15) is 12.4 Å². The highest BCUT2D eigenvalue weighted by Crippen LogP contribution is 2.13. The third-order valence-corrected chi connectivity index (χ3v) is 2.78. The Hall–Kier alpha value is -1.55. The van der Waals surface area contributed by atoms with Crippen molar-refractivity contribution in [3.63, 3.8) is 0 Å². The number of nitrogens with zero attached hydrogens (tertiary/aromatic N) is 1. The summed E-state index contributed by atoms with van der Waals surface area (Å²) in [5.41, 5.74) is 1.59. The summed E-state index contributed by atoms with van der Waals surface area (Å²) in [5, 5.41) is 12.1. The fourth-order valence-electron chi connectivity index (χ4n) is 1.64. The standard InChI is InChI=1S/C15H23NO3/c1-3-5-10-18-11-12-19-14-8-6-13(7-9-14)15(4-2)16-17/h6-9,17H,3-5,10-12H2,1-2H3. The summed E-state index contributed by atoms with van der Waals surface area (Å²) in [6.07, 6.45) is 2.94. The van der Waals surface area contributed by atoms with Gasteiger partial charge in [-0.25, -0.2) is 0 Å². The van der Waals surface area contributed by atoms with Gasteiger partial charge in [-0.1, -0.05) is 25.4 Å². The summed E-state index contributed by atoms with van der Waals surface area (Å²) < 4.78 is 11.0. The number of rotatable bonds is 9. The van der Waals surface area contributed by atoms with Crippen LogP contribution in [0.25, 0.3) is 0 Å². The molecule has 19 heavy (non-hydrogen) atoms. The Bertz CT molecular complexity index is 373. The van der Waals surface area contributed by atoms with Crippen LogP contribution in [0.4, 0.5) is 0 Å². The molecular weight excluding hydrogens is 242 g/mol. The lowest BCUT2D eigenvalue weighted by molar-refractivity contribution is 0.0980. The fraction of sp³-hybridized carbons (Fsp3) is 0.533. The average molecular weight is 265 g/mol. The lowest BCUT2D eigenvalue weighted by atomic mass is 10.1. The van der Waals surface area contributed by atoms with Crippen LogP contribution in [-0.4, -0.2) is 30.7 Å². The van der Waals surface area contributed by atoms with E-state index in [-0.39, 0.29) is 0 Å². The first-order valence-electron chi connectivity index (χ1n) is 6.83. The van der Waals surface area contributed by atoms with E-state index in [2.05, 4.69) is 12.1 Å². The SMILES string of the molecule is CCCCOCCOc1ccc(C(CC)=NO)cc1. The molecule has 0 heterocycles. The predicted molar refractivity (Wildman–Crippen MR) is 76.3 cm³/mol. The maximum absolute atomic E-state index is 8.83. The molecule has 4 heteroatoms. The largest absolute Gasteiger partial charge is 0.491 e. The molecule has 4 nitrogen and oxygen atoms in total. The maximum Gasteiger partial charge on any atom is 0.119 e. The fourth-order valence-corrected chi connectivity index (χ4v) is 1.64. The number of benzene rings is 1. The molecule has 0 fully saturated rings. The van der Waals surface area contributed by atoms with Crippen molar-refractivity contribution in [2.45, 2.75) is 33.1 Å². The summed E-state index contributed by atoms with van der Waals surface area (Å²) in [6.45, 7) is 6.05. The average Bonchev–Trinajstić information content (AvgIpc) is 2.45. The number of ether oxygens (including phenoxy) is 2. The van der Waals surface area contributed by atoms with Crippen LogP contribution in [0.2, 0.25) is 0 Å². The molecule has 0 radical (unpaired) electrons. The third-order valence-electron chi connectivity index (χ3n) is 2.78. The molecular formula is C15H23NO3. The number of oxime groups is 1. The Morgan fingerprint density at radius 3 is 2.42 bits per heavy atom. The van der Waals surface area contributed by atoms with Crippen molar-refractivity contribution < 1.29 is 14.7 Å². The van der Waals surface area contributed by atoms with E-state index in [9.17, 15) is 0 Å². The van der Waals surface area contributed by atoms with Gasteiger partial charge in [-0.3, -0.25) is 0 Å². The van der Waals surface area contributed by atoms with Gasteiger partial charge in [-0.15, -0.1) is 0 Å². The molecule has 106 valence electrons. The van der Waals surface area contributed by atoms with Gasteiger partial charge in [0.2, 0.25) is 0 Å². The molecule has 0 saturated carbocycles. The zero-order valence-corrected chi connectivity index (χ0v) is 11.8. The molecule has 1 aromatic rings. The molecule has 0 unspecified atom stereocenters. The van der Waals surface area contributed by atoms with Crippen LogP contribution >= 0.6 is 0 Å². The summed E-state index contributed by atoms with van der Waals surface area (Å²) in [7, 11) is 0. The second kappa shape index (κ2) is 9.39. The first-order valence-corrected chi connectivity index (χ1v) is 6.83. The van der Waals surface area contributed by atoms with Crippen molar-refractivity contribution in [2.75, 3.05) is 19.8 Å². The molecule has 0 spiro atoms. The van der Waals surface area contributed by atoms with Gasteiger partial charge in [0.05, 0.1) is 12.3 Å². The van der Waals surface area contributed by atoms with Crippen LogP contribution in [-0.2, 0) is 4.74 Å². The Morgan fingerprint density at radius 1 is 1.11 bits per heavy atom. The minimum absolute atomic E-state index is 0.553. The highest BCUT2D eigenvalue weighted by Gasteiger charge is 2.02. The van der Waals surface area contributed by atoms with Crippen molar-refractivity contribution in [1.29, 1.82) is 0 Å². The van der Waals surface area contributed by atoms with Gasteiger partial charge in [-0.2, -0.15) is 0 Å². The number of hydrogen-bond donors (Lipinski definition) is 1. The molecule has 0 amide bonds. The van der Waals surface area contributed by atoms with E-state index in [1.165, 1.54) is 0 Å². The smallest absolute Gasteiger partial charge is 0.119 e. The second-order valence-electron chi connectivity index (χ2n) is 4.24. The van der Waals surface area contributed by atoms with E-state index in [1.807, 2.05) is 31.2 Å². The summed E-state index contributed by atoms with van der Waals surface area (Å²) in [6, 6.07) is 7.54. The van der Waals surface area contributed by atoms with Crippen LogP contribution < -0.4 is 4.74 Å².